The number of methoxy groups -OCH3 is 1. The molecule has 4 N–H and O–H groups in total. The molecule has 0 amide bonds. The molecule has 0 radical (unpaired) electrons. The molecule has 1 saturated carbocycles. The first-order chi connectivity index (χ1) is 16.1. The third kappa shape index (κ3) is 2.76. The van der Waals surface area contributed by atoms with Crippen molar-refractivity contribution in [3.63, 3.8) is 0 Å². The molecule has 3 aromatic rings. The van der Waals surface area contributed by atoms with Crippen molar-refractivity contribution in [1.29, 1.82) is 0 Å². The zero-order valence-corrected chi connectivity index (χ0v) is 20.0. The number of rotatable bonds is 4. The second-order valence-corrected chi connectivity index (χ2v) is 9.62. The Kier molecular flexibility index (Phi) is 5.20. The van der Waals surface area contributed by atoms with Crippen LogP contribution < -0.4 is 9.47 Å². The van der Waals surface area contributed by atoms with E-state index in [-0.39, 0.29) is 27.9 Å². The molecule has 2 aromatic carbocycles. The van der Waals surface area contributed by atoms with Gasteiger partial charge in [0, 0.05) is 16.1 Å². The van der Waals surface area contributed by atoms with E-state index >= 15 is 0 Å². The summed E-state index contributed by atoms with van der Waals surface area (Å²) < 4.78 is 12.3. The van der Waals surface area contributed by atoms with Crippen LogP contribution in [0.5, 0.6) is 11.6 Å². The number of hydrogen-bond acceptors (Lipinski definition) is 7. The highest BCUT2D eigenvalue weighted by molar-refractivity contribution is 9.10. The minimum Gasteiger partial charge on any atom is -0.481 e. The van der Waals surface area contributed by atoms with E-state index in [9.17, 15) is 25.2 Å². The number of fused-ring (bicyclic) bond motifs is 4. The van der Waals surface area contributed by atoms with Gasteiger partial charge in [-0.05, 0) is 17.7 Å². The Morgan fingerprint density at radius 2 is 1.76 bits per heavy atom. The van der Waals surface area contributed by atoms with Crippen LogP contribution in [0.3, 0.4) is 0 Å². The topological polar surface area (TPSA) is 129 Å². The number of aliphatic hydroxyl groups is 3. The van der Waals surface area contributed by atoms with Gasteiger partial charge in [-0.25, -0.2) is 4.98 Å². The van der Waals surface area contributed by atoms with Gasteiger partial charge >= 0.3 is 5.97 Å². The Balaban J connectivity index is 1.96. The number of hydrogen-bond donors (Lipinski definition) is 4. The fourth-order valence-corrected chi connectivity index (χ4v) is 5.87. The fourth-order valence-electron chi connectivity index (χ4n) is 5.43. The van der Waals surface area contributed by atoms with Crippen molar-refractivity contribution in [3.05, 3.63) is 87.0 Å². The molecule has 34 heavy (non-hydrogen) atoms. The summed E-state index contributed by atoms with van der Waals surface area (Å²) in [6.45, 7) is 0. The lowest BCUT2D eigenvalue weighted by Gasteiger charge is -2.49. The lowest BCUT2D eigenvalue weighted by atomic mass is 9.74. The van der Waals surface area contributed by atoms with Crippen LogP contribution in [-0.4, -0.2) is 44.3 Å². The quantitative estimate of drug-likeness (QED) is 0.289. The van der Waals surface area contributed by atoms with E-state index in [1.54, 1.807) is 54.6 Å². The molecule has 1 fully saturated rings. The maximum absolute atomic E-state index is 12.8. The Morgan fingerprint density at radius 1 is 1.12 bits per heavy atom. The van der Waals surface area contributed by atoms with Crippen molar-refractivity contribution in [2.24, 2.45) is 5.92 Å². The maximum Gasteiger partial charge on any atom is 0.310 e. The summed E-state index contributed by atoms with van der Waals surface area (Å²) in [5.41, 5.74) is -4.57. The summed E-state index contributed by atoms with van der Waals surface area (Å²) in [6, 6.07) is 16.2. The highest BCUT2D eigenvalue weighted by Gasteiger charge is 2.84. The van der Waals surface area contributed by atoms with Gasteiger partial charge in [-0.15, -0.1) is 0 Å². The molecule has 176 valence electrons. The molecule has 1 aliphatic heterocycles. The molecule has 8 nitrogen and oxygen atoms in total. The van der Waals surface area contributed by atoms with Gasteiger partial charge in [-0.2, -0.15) is 0 Å². The van der Waals surface area contributed by atoms with Crippen LogP contribution >= 0.6 is 27.5 Å². The van der Waals surface area contributed by atoms with Gasteiger partial charge in [0.05, 0.1) is 18.6 Å². The predicted octanol–water partition coefficient (Wildman–Crippen LogP) is 3.16. The second kappa shape index (κ2) is 7.66. The highest BCUT2D eigenvalue weighted by Crippen LogP contribution is 2.71. The zero-order valence-electron chi connectivity index (χ0n) is 17.6. The molecule has 1 unspecified atom stereocenters. The molecular weight excluding hydrogens is 530 g/mol. The van der Waals surface area contributed by atoms with E-state index < -0.39 is 34.8 Å². The first-order valence-corrected chi connectivity index (χ1v) is 11.4. The second-order valence-electron chi connectivity index (χ2n) is 8.31. The van der Waals surface area contributed by atoms with Crippen LogP contribution in [0.25, 0.3) is 0 Å². The van der Waals surface area contributed by atoms with Crippen molar-refractivity contribution < 1.29 is 34.7 Å². The van der Waals surface area contributed by atoms with Crippen LogP contribution in [0.2, 0.25) is 5.15 Å². The van der Waals surface area contributed by atoms with E-state index in [0.29, 0.717) is 10.0 Å². The Bertz CT molecular complexity index is 1290. The molecule has 5 rings (SSSR count). The van der Waals surface area contributed by atoms with Crippen LogP contribution in [0.1, 0.15) is 22.6 Å². The van der Waals surface area contributed by atoms with E-state index in [0.717, 1.165) is 0 Å². The third-order valence-corrected chi connectivity index (χ3v) is 7.46. The number of halogens is 2. The molecule has 2 bridgehead atoms. The average Bonchev–Trinajstić information content (AvgIpc) is 2.88. The molecule has 0 spiro atoms. The molecule has 1 aromatic heterocycles. The van der Waals surface area contributed by atoms with Crippen LogP contribution in [0.15, 0.2) is 65.1 Å². The summed E-state index contributed by atoms with van der Waals surface area (Å²) in [7, 11) is 1.24. The summed E-state index contributed by atoms with van der Waals surface area (Å²) in [6.07, 6.45) is 0. The van der Waals surface area contributed by atoms with Gasteiger partial charge in [-0.1, -0.05) is 70.0 Å². The summed E-state index contributed by atoms with van der Waals surface area (Å²) in [4.78, 5) is 16.8. The van der Waals surface area contributed by atoms with E-state index in [2.05, 4.69) is 20.9 Å². The SMILES string of the molecule is COc1nc(Cl)cc2c1[C@]1(O)[C@@H](C(=O)O)[C@@H](c3ccccc3)C(c3ccc(Br)cc3)(O2)C1(O)O. The molecule has 1 aliphatic carbocycles. The number of nitrogens with zero attached hydrogens (tertiary/aromatic N) is 1. The maximum atomic E-state index is 12.8. The standard InChI is InChI=1S/C24H19BrClNO7/c1-33-20-18-15(11-16(26)27-20)34-23(13-7-9-14(25)10-8-13)17(12-5-3-2-4-6-12)19(21(28)29)22(18,30)24(23,31)32/h2-11,17,19,30-32H,1H3,(H,28,29)/t17-,19-,22+,23?/m1/s1. The van der Waals surface area contributed by atoms with E-state index in [4.69, 9.17) is 21.1 Å². The number of benzene rings is 2. The van der Waals surface area contributed by atoms with Crippen molar-refractivity contribution in [2.45, 2.75) is 22.9 Å². The smallest absolute Gasteiger partial charge is 0.310 e. The Hall–Kier alpha value is -2.69. The number of pyridine rings is 1. The summed E-state index contributed by atoms with van der Waals surface area (Å²) >= 11 is 9.51. The van der Waals surface area contributed by atoms with Crippen molar-refractivity contribution in [3.8, 4) is 11.6 Å². The number of ether oxygens (including phenoxy) is 2. The lowest BCUT2D eigenvalue weighted by molar-refractivity contribution is -0.341. The molecule has 2 aliphatic rings. The summed E-state index contributed by atoms with van der Waals surface area (Å²) in [5.74, 6) is -7.95. The molecule has 10 heteroatoms. The largest absolute Gasteiger partial charge is 0.481 e. The minimum atomic E-state index is -3.13. The lowest BCUT2D eigenvalue weighted by Crippen LogP contribution is -2.65. The van der Waals surface area contributed by atoms with Crippen LogP contribution in [0.4, 0.5) is 0 Å². The molecular formula is C24H19BrClNO7. The van der Waals surface area contributed by atoms with Gasteiger partial charge in [0.15, 0.2) is 11.2 Å². The Morgan fingerprint density at radius 3 is 2.35 bits per heavy atom. The number of aliphatic carboxylic acids is 1. The highest BCUT2D eigenvalue weighted by atomic mass is 79.9. The number of carbonyl (C=O) groups is 1. The zero-order chi connectivity index (χ0) is 24.5. The predicted molar refractivity (Wildman–Crippen MR) is 124 cm³/mol. The minimum absolute atomic E-state index is 0.0453. The number of carboxylic acid groups (broad SMARTS) is 1. The average molecular weight is 549 g/mol. The van der Waals surface area contributed by atoms with Gasteiger partial charge in [0.2, 0.25) is 11.7 Å². The van der Waals surface area contributed by atoms with Crippen molar-refractivity contribution in [1.82, 2.24) is 4.98 Å². The number of aromatic nitrogens is 1. The third-order valence-electron chi connectivity index (χ3n) is 6.73. The molecule has 0 saturated heterocycles. The van der Waals surface area contributed by atoms with Gasteiger partial charge in [-0.3, -0.25) is 4.79 Å². The van der Waals surface area contributed by atoms with E-state index in [1.807, 2.05) is 0 Å². The first kappa shape index (κ1) is 23.1. The number of carboxylic acids is 1. The van der Waals surface area contributed by atoms with Gasteiger partial charge in [0.1, 0.15) is 16.8 Å². The Labute approximate surface area is 207 Å². The monoisotopic (exact) mass is 547 g/mol. The van der Waals surface area contributed by atoms with Crippen LogP contribution in [-0.2, 0) is 16.0 Å². The van der Waals surface area contributed by atoms with Gasteiger partial charge < -0.3 is 29.9 Å². The fraction of sp³-hybridized carbons (Fsp3) is 0.250. The van der Waals surface area contributed by atoms with E-state index in [1.165, 1.54) is 13.2 Å². The van der Waals surface area contributed by atoms with Crippen molar-refractivity contribution in [2.75, 3.05) is 7.11 Å². The van der Waals surface area contributed by atoms with Crippen molar-refractivity contribution >= 4 is 33.5 Å². The van der Waals surface area contributed by atoms with Crippen LogP contribution in [0, 0.1) is 5.92 Å². The normalized spacial score (nSPS) is 28.6. The van der Waals surface area contributed by atoms with Gasteiger partial charge in [0.25, 0.3) is 0 Å². The summed E-state index contributed by atoms with van der Waals surface area (Å²) in [5, 5.41) is 46.0. The molecule has 2 heterocycles. The first-order valence-electron chi connectivity index (χ1n) is 10.2. The molecule has 4 atom stereocenters.